The molecule has 3 heterocycles. The fraction of sp³-hybridized carbons (Fsp3) is 0.333. The van der Waals surface area contributed by atoms with Gasteiger partial charge in [0.25, 0.3) is 0 Å². The molecular formula is C15H11BrClNO3. The predicted octanol–water partition coefficient (Wildman–Crippen LogP) is 2.94. The van der Waals surface area contributed by atoms with E-state index in [1.807, 2.05) is 19.1 Å². The molecule has 3 aliphatic rings. The number of anilines is 1. The van der Waals surface area contributed by atoms with Crippen LogP contribution >= 0.6 is 27.5 Å². The zero-order chi connectivity index (χ0) is 14.9. The summed E-state index contributed by atoms with van der Waals surface area (Å²) in [6.45, 7) is 1.85. The molecule has 4 atom stereocenters. The highest BCUT2D eigenvalue weighted by atomic mass is 79.9. The van der Waals surface area contributed by atoms with Crippen molar-refractivity contribution in [1.29, 1.82) is 0 Å². The number of carbonyl (C=O) groups excluding carboxylic acids is 2. The van der Waals surface area contributed by atoms with E-state index in [0.29, 0.717) is 10.7 Å². The third-order valence-corrected chi connectivity index (χ3v) is 5.28. The number of amides is 2. The molecule has 4 rings (SSSR count). The Labute approximate surface area is 134 Å². The number of rotatable bonds is 1. The average Bonchev–Trinajstić information content (AvgIpc) is 3.01. The number of ether oxygens (including phenoxy) is 1. The van der Waals surface area contributed by atoms with E-state index in [9.17, 15) is 9.59 Å². The van der Waals surface area contributed by atoms with Gasteiger partial charge in [-0.15, -0.1) is 0 Å². The molecule has 0 aliphatic carbocycles. The molecule has 6 heteroatoms. The summed E-state index contributed by atoms with van der Waals surface area (Å²) >= 11 is 9.52. The summed E-state index contributed by atoms with van der Waals surface area (Å²) in [6, 6.07) is 5.12. The Morgan fingerprint density at radius 3 is 2.76 bits per heavy atom. The molecule has 108 valence electrons. The minimum absolute atomic E-state index is 0.229. The van der Waals surface area contributed by atoms with Gasteiger partial charge in [0.2, 0.25) is 11.8 Å². The molecule has 2 bridgehead atoms. The highest BCUT2D eigenvalue weighted by Crippen LogP contribution is 2.52. The monoisotopic (exact) mass is 367 g/mol. The first-order chi connectivity index (χ1) is 9.92. The number of imide groups is 1. The molecule has 0 saturated carbocycles. The maximum absolute atomic E-state index is 12.8. The van der Waals surface area contributed by atoms with Crippen molar-refractivity contribution < 1.29 is 14.3 Å². The molecule has 0 N–H and O–H groups in total. The average molecular weight is 369 g/mol. The maximum Gasteiger partial charge on any atom is 0.241 e. The van der Waals surface area contributed by atoms with Gasteiger partial charge in [-0.3, -0.25) is 9.59 Å². The maximum atomic E-state index is 12.8. The van der Waals surface area contributed by atoms with Crippen LogP contribution in [-0.2, 0) is 14.3 Å². The second kappa shape index (κ2) is 4.18. The Kier molecular flexibility index (Phi) is 2.69. The lowest BCUT2D eigenvalue weighted by Crippen LogP contribution is -2.38. The summed E-state index contributed by atoms with van der Waals surface area (Å²) in [4.78, 5) is 26.7. The standard InChI is InChI=1S/C15H11BrClNO3/c1-15-5-4-10(21-15)11-12(15)14(20)18(13(11)19)9-3-2-7(16)6-8(9)17/h2-6,10-12H,1H3/t10-,11+,12-,15+/m1/s1. The van der Waals surface area contributed by atoms with Crippen molar-refractivity contribution in [3.63, 3.8) is 0 Å². The Morgan fingerprint density at radius 2 is 2.10 bits per heavy atom. The lowest BCUT2D eigenvalue weighted by atomic mass is 9.78. The van der Waals surface area contributed by atoms with Crippen molar-refractivity contribution in [1.82, 2.24) is 0 Å². The Bertz CT molecular complexity index is 719. The number of benzene rings is 1. The van der Waals surface area contributed by atoms with Crippen LogP contribution in [0.25, 0.3) is 0 Å². The lowest BCUT2D eigenvalue weighted by Gasteiger charge is -2.24. The molecule has 1 aromatic carbocycles. The number of hydrogen-bond donors (Lipinski definition) is 0. The number of hydrogen-bond acceptors (Lipinski definition) is 3. The molecular weight excluding hydrogens is 358 g/mol. The minimum Gasteiger partial charge on any atom is -0.362 e. The topological polar surface area (TPSA) is 46.6 Å². The number of halogens is 2. The second-order valence-electron chi connectivity index (χ2n) is 5.74. The van der Waals surface area contributed by atoms with Gasteiger partial charge in [0.1, 0.15) is 0 Å². The fourth-order valence-corrected chi connectivity index (χ4v) is 4.31. The van der Waals surface area contributed by atoms with E-state index in [-0.39, 0.29) is 17.9 Å². The zero-order valence-electron chi connectivity index (χ0n) is 11.0. The molecule has 2 amide bonds. The van der Waals surface area contributed by atoms with Crippen LogP contribution in [0.5, 0.6) is 0 Å². The first-order valence-electron chi connectivity index (χ1n) is 6.62. The van der Waals surface area contributed by atoms with Gasteiger partial charge in [-0.05, 0) is 25.1 Å². The number of nitrogens with zero attached hydrogens (tertiary/aromatic N) is 1. The van der Waals surface area contributed by atoms with Gasteiger partial charge in [0.05, 0.1) is 34.3 Å². The predicted molar refractivity (Wildman–Crippen MR) is 81.0 cm³/mol. The van der Waals surface area contributed by atoms with Crippen LogP contribution in [0.1, 0.15) is 6.92 Å². The van der Waals surface area contributed by atoms with E-state index in [1.165, 1.54) is 4.90 Å². The third kappa shape index (κ3) is 1.65. The lowest BCUT2D eigenvalue weighted by molar-refractivity contribution is -0.126. The molecule has 0 unspecified atom stereocenters. The fourth-order valence-electron chi connectivity index (χ4n) is 3.55. The Balaban J connectivity index is 1.80. The van der Waals surface area contributed by atoms with Crippen molar-refractivity contribution in [3.05, 3.63) is 39.8 Å². The smallest absolute Gasteiger partial charge is 0.241 e. The second-order valence-corrected chi connectivity index (χ2v) is 7.06. The number of fused-ring (bicyclic) bond motifs is 5. The SMILES string of the molecule is C[C@@]12C=C[C@@H](O1)[C@@H]1C(=O)N(c3ccc(Br)cc3Cl)C(=O)[C@@H]12. The Hall–Kier alpha value is -1.17. The van der Waals surface area contributed by atoms with E-state index < -0.39 is 17.4 Å². The summed E-state index contributed by atoms with van der Waals surface area (Å²) in [7, 11) is 0. The molecule has 0 spiro atoms. The van der Waals surface area contributed by atoms with Gasteiger partial charge in [-0.2, -0.15) is 0 Å². The quantitative estimate of drug-likeness (QED) is 0.565. The van der Waals surface area contributed by atoms with Gasteiger partial charge in [0.15, 0.2) is 0 Å². The van der Waals surface area contributed by atoms with Crippen molar-refractivity contribution in [2.75, 3.05) is 4.90 Å². The van der Waals surface area contributed by atoms with E-state index >= 15 is 0 Å². The normalized spacial score (nSPS) is 36.7. The van der Waals surface area contributed by atoms with Crippen LogP contribution in [0.3, 0.4) is 0 Å². The molecule has 21 heavy (non-hydrogen) atoms. The highest BCUT2D eigenvalue weighted by Gasteiger charge is 2.66. The van der Waals surface area contributed by atoms with Crippen LogP contribution in [0.2, 0.25) is 5.02 Å². The molecule has 0 radical (unpaired) electrons. The first kappa shape index (κ1) is 13.5. The van der Waals surface area contributed by atoms with Gasteiger partial charge in [-0.25, -0.2) is 4.90 Å². The molecule has 2 saturated heterocycles. The van der Waals surface area contributed by atoms with Crippen LogP contribution in [0.15, 0.2) is 34.8 Å². The molecule has 3 aliphatic heterocycles. The summed E-state index contributed by atoms with van der Waals surface area (Å²) in [5.74, 6) is -1.36. The minimum atomic E-state index is -0.682. The molecule has 2 fully saturated rings. The van der Waals surface area contributed by atoms with E-state index in [1.54, 1.807) is 18.2 Å². The van der Waals surface area contributed by atoms with Crippen LogP contribution in [0.4, 0.5) is 5.69 Å². The molecule has 1 aromatic rings. The van der Waals surface area contributed by atoms with Crippen LogP contribution in [0, 0.1) is 11.8 Å². The molecule has 0 aromatic heterocycles. The first-order valence-corrected chi connectivity index (χ1v) is 7.79. The van der Waals surface area contributed by atoms with Crippen molar-refractivity contribution in [2.24, 2.45) is 11.8 Å². The largest absolute Gasteiger partial charge is 0.362 e. The molecule has 4 nitrogen and oxygen atoms in total. The van der Waals surface area contributed by atoms with E-state index in [4.69, 9.17) is 16.3 Å². The van der Waals surface area contributed by atoms with Gasteiger partial charge in [0, 0.05) is 4.47 Å². The Morgan fingerprint density at radius 1 is 1.33 bits per heavy atom. The third-order valence-electron chi connectivity index (χ3n) is 4.48. The van der Waals surface area contributed by atoms with Crippen molar-refractivity contribution >= 4 is 45.0 Å². The number of carbonyl (C=O) groups is 2. The van der Waals surface area contributed by atoms with Crippen LogP contribution < -0.4 is 4.90 Å². The van der Waals surface area contributed by atoms with Crippen molar-refractivity contribution in [3.8, 4) is 0 Å². The van der Waals surface area contributed by atoms with Gasteiger partial charge >= 0.3 is 0 Å². The summed E-state index contributed by atoms with van der Waals surface area (Å²) in [5, 5.41) is 0.373. The summed E-state index contributed by atoms with van der Waals surface area (Å²) in [6.07, 6.45) is 3.45. The zero-order valence-corrected chi connectivity index (χ0v) is 13.4. The summed E-state index contributed by atoms with van der Waals surface area (Å²) < 4.78 is 6.58. The van der Waals surface area contributed by atoms with Crippen LogP contribution in [-0.4, -0.2) is 23.5 Å². The van der Waals surface area contributed by atoms with Gasteiger partial charge < -0.3 is 4.74 Å². The van der Waals surface area contributed by atoms with E-state index in [2.05, 4.69) is 15.9 Å². The van der Waals surface area contributed by atoms with Crippen molar-refractivity contribution in [2.45, 2.75) is 18.6 Å². The van der Waals surface area contributed by atoms with E-state index in [0.717, 1.165) is 4.47 Å². The summed E-state index contributed by atoms with van der Waals surface area (Å²) in [5.41, 5.74) is -0.245. The highest BCUT2D eigenvalue weighted by molar-refractivity contribution is 9.10. The van der Waals surface area contributed by atoms with Gasteiger partial charge in [-0.1, -0.05) is 39.7 Å².